The maximum absolute atomic E-state index is 12.6. The van der Waals surface area contributed by atoms with Gasteiger partial charge in [0.25, 0.3) is 5.56 Å². The lowest BCUT2D eigenvalue weighted by Gasteiger charge is -2.13. The standard InChI is InChI=1S/C19H16N2O3/c1-3-20-24-12(2)17-18(13-7-5-4-6-8-13)15-11-14(22)9-10-16(15)21-19(17)23/h3-11,22H,2H2,1H3,(H,21,23)/b20-3+. The molecule has 2 N–H and O–H groups in total. The lowest BCUT2D eigenvalue weighted by atomic mass is 9.95. The highest BCUT2D eigenvalue weighted by Crippen LogP contribution is 2.34. The van der Waals surface area contributed by atoms with Crippen molar-refractivity contribution in [3.63, 3.8) is 0 Å². The zero-order chi connectivity index (χ0) is 17.1. The number of aromatic hydroxyl groups is 1. The molecule has 5 nitrogen and oxygen atoms in total. The quantitative estimate of drug-likeness (QED) is 0.435. The molecule has 2 aromatic carbocycles. The molecule has 1 heterocycles. The predicted molar refractivity (Wildman–Crippen MR) is 96.0 cm³/mol. The number of nitrogens with zero attached hydrogens (tertiary/aromatic N) is 1. The molecule has 0 aliphatic heterocycles. The number of fused-ring (bicyclic) bond motifs is 1. The molecule has 0 bridgehead atoms. The van der Waals surface area contributed by atoms with E-state index < -0.39 is 0 Å². The third kappa shape index (κ3) is 2.79. The van der Waals surface area contributed by atoms with Crippen molar-refractivity contribution >= 4 is 22.9 Å². The van der Waals surface area contributed by atoms with Gasteiger partial charge in [-0.25, -0.2) is 0 Å². The van der Waals surface area contributed by atoms with Crippen molar-refractivity contribution in [2.75, 3.05) is 0 Å². The fourth-order valence-electron chi connectivity index (χ4n) is 2.61. The van der Waals surface area contributed by atoms with E-state index in [1.54, 1.807) is 19.1 Å². The number of aromatic nitrogens is 1. The van der Waals surface area contributed by atoms with Gasteiger partial charge >= 0.3 is 0 Å². The van der Waals surface area contributed by atoms with Gasteiger partial charge in [0.05, 0.1) is 5.56 Å². The van der Waals surface area contributed by atoms with Crippen LogP contribution in [-0.4, -0.2) is 16.3 Å². The van der Waals surface area contributed by atoms with Crippen LogP contribution in [0, 0.1) is 0 Å². The Morgan fingerprint density at radius 1 is 1.25 bits per heavy atom. The molecule has 1 aromatic heterocycles. The molecule has 0 unspecified atom stereocenters. The SMILES string of the molecule is C=C(O/N=C/C)c1c(-c2ccccc2)c2cc(O)ccc2[nH]c1=O. The van der Waals surface area contributed by atoms with E-state index in [1.807, 2.05) is 30.3 Å². The monoisotopic (exact) mass is 320 g/mol. The third-order valence-electron chi connectivity index (χ3n) is 3.61. The molecule has 24 heavy (non-hydrogen) atoms. The summed E-state index contributed by atoms with van der Waals surface area (Å²) in [5.74, 6) is 0.245. The fourth-order valence-corrected chi connectivity index (χ4v) is 2.61. The first-order valence-corrected chi connectivity index (χ1v) is 7.40. The Kier molecular flexibility index (Phi) is 4.16. The van der Waals surface area contributed by atoms with Crippen LogP contribution in [0.2, 0.25) is 0 Å². The second-order valence-corrected chi connectivity index (χ2v) is 5.18. The summed E-state index contributed by atoms with van der Waals surface area (Å²) >= 11 is 0. The average Bonchev–Trinajstić information content (AvgIpc) is 2.59. The van der Waals surface area contributed by atoms with Crippen LogP contribution in [-0.2, 0) is 4.84 Å². The lowest BCUT2D eigenvalue weighted by Crippen LogP contribution is -2.14. The fraction of sp³-hybridized carbons (Fsp3) is 0.0526. The summed E-state index contributed by atoms with van der Waals surface area (Å²) in [5.41, 5.74) is 2.03. The highest BCUT2D eigenvalue weighted by Gasteiger charge is 2.18. The molecular weight excluding hydrogens is 304 g/mol. The third-order valence-corrected chi connectivity index (χ3v) is 3.61. The van der Waals surface area contributed by atoms with E-state index in [-0.39, 0.29) is 22.6 Å². The largest absolute Gasteiger partial charge is 0.508 e. The molecule has 0 saturated heterocycles. The van der Waals surface area contributed by atoms with Crippen molar-refractivity contribution in [3.8, 4) is 16.9 Å². The summed E-state index contributed by atoms with van der Waals surface area (Å²) in [7, 11) is 0. The normalized spacial score (nSPS) is 11.0. The molecular formula is C19H16N2O3. The van der Waals surface area contributed by atoms with Gasteiger partial charge in [-0.15, -0.1) is 0 Å². The Labute approximate surface area is 138 Å². The summed E-state index contributed by atoms with van der Waals surface area (Å²) in [5, 5.41) is 14.3. The topological polar surface area (TPSA) is 74.7 Å². The van der Waals surface area contributed by atoms with Crippen LogP contribution in [0.5, 0.6) is 5.75 Å². The average molecular weight is 320 g/mol. The molecule has 0 saturated carbocycles. The van der Waals surface area contributed by atoms with Gasteiger partial charge in [0, 0.05) is 22.7 Å². The zero-order valence-electron chi connectivity index (χ0n) is 13.1. The minimum atomic E-state index is -0.330. The van der Waals surface area contributed by atoms with Crippen molar-refractivity contribution in [3.05, 3.63) is 71.0 Å². The predicted octanol–water partition coefficient (Wildman–Crippen LogP) is 3.89. The number of hydrogen-bond acceptors (Lipinski definition) is 4. The Balaban J connectivity index is 2.39. The number of oxime groups is 1. The number of H-pyrrole nitrogens is 1. The molecule has 3 rings (SSSR count). The van der Waals surface area contributed by atoms with Gasteiger partial charge in [-0.3, -0.25) is 4.79 Å². The van der Waals surface area contributed by atoms with E-state index in [1.165, 1.54) is 12.3 Å². The van der Waals surface area contributed by atoms with Crippen molar-refractivity contribution in [1.29, 1.82) is 0 Å². The van der Waals surface area contributed by atoms with Crippen molar-refractivity contribution in [2.45, 2.75) is 6.92 Å². The number of benzene rings is 2. The van der Waals surface area contributed by atoms with E-state index in [2.05, 4.69) is 16.7 Å². The highest BCUT2D eigenvalue weighted by molar-refractivity contribution is 5.99. The van der Waals surface area contributed by atoms with Gasteiger partial charge in [0.15, 0.2) is 5.76 Å². The number of pyridine rings is 1. The summed E-state index contributed by atoms with van der Waals surface area (Å²) in [6, 6.07) is 14.2. The van der Waals surface area contributed by atoms with E-state index in [0.717, 1.165) is 5.56 Å². The first-order chi connectivity index (χ1) is 11.6. The van der Waals surface area contributed by atoms with E-state index >= 15 is 0 Å². The number of phenolic OH excluding ortho intramolecular Hbond substituents is 1. The van der Waals surface area contributed by atoms with Crippen molar-refractivity contribution in [1.82, 2.24) is 4.98 Å². The molecule has 0 atom stereocenters. The maximum atomic E-state index is 12.6. The second kappa shape index (κ2) is 6.42. The van der Waals surface area contributed by atoms with Crippen LogP contribution in [0.4, 0.5) is 0 Å². The summed E-state index contributed by atoms with van der Waals surface area (Å²) in [4.78, 5) is 20.6. The molecule has 0 fully saturated rings. The van der Waals surface area contributed by atoms with Gasteiger partial charge in [-0.05, 0) is 30.7 Å². The minimum Gasteiger partial charge on any atom is -0.508 e. The van der Waals surface area contributed by atoms with Crippen LogP contribution in [0.25, 0.3) is 27.8 Å². The lowest BCUT2D eigenvalue weighted by molar-refractivity contribution is 0.301. The number of phenols is 1. The molecule has 120 valence electrons. The van der Waals surface area contributed by atoms with E-state index in [9.17, 15) is 9.90 Å². The Morgan fingerprint density at radius 3 is 2.71 bits per heavy atom. The van der Waals surface area contributed by atoms with Gasteiger partial charge in [-0.1, -0.05) is 42.1 Å². The second-order valence-electron chi connectivity index (χ2n) is 5.18. The van der Waals surface area contributed by atoms with Gasteiger partial charge in [-0.2, -0.15) is 0 Å². The molecule has 0 spiro atoms. The molecule has 0 amide bonds. The number of rotatable bonds is 4. The van der Waals surface area contributed by atoms with Crippen LogP contribution < -0.4 is 5.56 Å². The van der Waals surface area contributed by atoms with Crippen LogP contribution in [0.3, 0.4) is 0 Å². The first-order valence-electron chi connectivity index (χ1n) is 7.40. The maximum Gasteiger partial charge on any atom is 0.260 e. The number of aromatic amines is 1. The van der Waals surface area contributed by atoms with Crippen LogP contribution in [0.15, 0.2) is 65.1 Å². The highest BCUT2D eigenvalue weighted by atomic mass is 16.6. The summed E-state index contributed by atoms with van der Waals surface area (Å²) in [6.07, 6.45) is 1.47. The molecule has 3 aromatic rings. The first kappa shape index (κ1) is 15.6. The molecule has 0 aliphatic carbocycles. The molecule has 0 radical (unpaired) electrons. The van der Waals surface area contributed by atoms with Gasteiger partial charge in [0.2, 0.25) is 0 Å². The Morgan fingerprint density at radius 2 is 2.00 bits per heavy atom. The number of nitrogens with one attached hydrogen (secondary N) is 1. The van der Waals surface area contributed by atoms with Gasteiger partial charge in [0.1, 0.15) is 5.75 Å². The Bertz CT molecular complexity index is 989. The minimum absolute atomic E-state index is 0.107. The Hall–Kier alpha value is -3.34. The van der Waals surface area contributed by atoms with Crippen molar-refractivity contribution < 1.29 is 9.94 Å². The summed E-state index contributed by atoms with van der Waals surface area (Å²) in [6.45, 7) is 5.52. The number of hydrogen-bond donors (Lipinski definition) is 2. The molecule has 5 heteroatoms. The van der Waals surface area contributed by atoms with Crippen molar-refractivity contribution in [2.24, 2.45) is 5.16 Å². The van der Waals surface area contributed by atoms with E-state index in [4.69, 9.17) is 4.84 Å². The van der Waals surface area contributed by atoms with Crippen LogP contribution in [0.1, 0.15) is 12.5 Å². The summed E-state index contributed by atoms with van der Waals surface area (Å²) < 4.78 is 0. The molecule has 0 aliphatic rings. The zero-order valence-corrected chi connectivity index (χ0v) is 13.1. The van der Waals surface area contributed by atoms with E-state index in [0.29, 0.717) is 16.5 Å². The van der Waals surface area contributed by atoms with Gasteiger partial charge < -0.3 is 14.9 Å². The van der Waals surface area contributed by atoms with Crippen LogP contribution >= 0.6 is 0 Å². The smallest absolute Gasteiger partial charge is 0.260 e.